The third kappa shape index (κ3) is 4.80. The van der Waals surface area contributed by atoms with Gasteiger partial charge in [0.1, 0.15) is 17.3 Å². The lowest BCUT2D eigenvalue weighted by molar-refractivity contribution is 0.0695. The SMILES string of the molecule is O=C(O)c1cc(F)cc(OCCCOc2ccccc2)c1. The molecule has 0 unspecified atom stereocenters. The fraction of sp³-hybridized carbons (Fsp3) is 0.188. The highest BCUT2D eigenvalue weighted by Gasteiger charge is 2.07. The molecule has 4 nitrogen and oxygen atoms in total. The molecule has 0 spiro atoms. The quantitative estimate of drug-likeness (QED) is 0.794. The van der Waals surface area contributed by atoms with E-state index < -0.39 is 11.8 Å². The Morgan fingerprint density at radius 2 is 1.67 bits per heavy atom. The Kier molecular flexibility index (Phi) is 5.15. The Balaban J connectivity index is 1.77. The van der Waals surface area contributed by atoms with Gasteiger partial charge in [0.2, 0.25) is 0 Å². The molecule has 0 aromatic heterocycles. The summed E-state index contributed by atoms with van der Waals surface area (Å²) >= 11 is 0. The van der Waals surface area contributed by atoms with Gasteiger partial charge < -0.3 is 14.6 Å². The van der Waals surface area contributed by atoms with Crippen molar-refractivity contribution < 1.29 is 23.8 Å². The molecule has 0 saturated carbocycles. The number of benzene rings is 2. The summed E-state index contributed by atoms with van der Waals surface area (Å²) in [6.07, 6.45) is 0.605. The van der Waals surface area contributed by atoms with Gasteiger partial charge in [0.25, 0.3) is 0 Å². The van der Waals surface area contributed by atoms with E-state index in [1.54, 1.807) is 0 Å². The highest BCUT2D eigenvalue weighted by atomic mass is 19.1. The maximum atomic E-state index is 13.2. The number of hydrogen-bond donors (Lipinski definition) is 1. The molecule has 0 atom stereocenters. The Labute approximate surface area is 121 Å². The molecule has 0 radical (unpaired) electrons. The maximum Gasteiger partial charge on any atom is 0.335 e. The second-order valence-electron chi connectivity index (χ2n) is 4.34. The predicted octanol–water partition coefficient (Wildman–Crippen LogP) is 3.37. The average Bonchev–Trinajstić information content (AvgIpc) is 2.47. The summed E-state index contributed by atoms with van der Waals surface area (Å²) in [4.78, 5) is 10.8. The number of halogens is 1. The summed E-state index contributed by atoms with van der Waals surface area (Å²) in [6.45, 7) is 0.778. The minimum atomic E-state index is -1.19. The molecule has 0 fully saturated rings. The van der Waals surface area contributed by atoms with Crippen LogP contribution in [0.2, 0.25) is 0 Å². The van der Waals surface area contributed by atoms with Crippen molar-refractivity contribution in [2.45, 2.75) is 6.42 Å². The van der Waals surface area contributed by atoms with E-state index in [1.165, 1.54) is 6.07 Å². The van der Waals surface area contributed by atoms with Gasteiger partial charge in [-0.15, -0.1) is 0 Å². The van der Waals surface area contributed by atoms with Crippen molar-refractivity contribution in [2.24, 2.45) is 0 Å². The lowest BCUT2D eigenvalue weighted by atomic mass is 10.2. The summed E-state index contributed by atoms with van der Waals surface area (Å²) in [5, 5.41) is 8.83. The maximum absolute atomic E-state index is 13.2. The molecule has 0 heterocycles. The highest BCUT2D eigenvalue weighted by Crippen LogP contribution is 2.17. The van der Waals surface area contributed by atoms with Crippen molar-refractivity contribution in [3.8, 4) is 11.5 Å². The molecular weight excluding hydrogens is 275 g/mol. The van der Waals surface area contributed by atoms with E-state index in [0.29, 0.717) is 19.6 Å². The van der Waals surface area contributed by atoms with Crippen molar-refractivity contribution >= 4 is 5.97 Å². The minimum absolute atomic E-state index is 0.134. The van der Waals surface area contributed by atoms with E-state index in [0.717, 1.165) is 17.9 Å². The Morgan fingerprint density at radius 3 is 2.33 bits per heavy atom. The van der Waals surface area contributed by atoms with Gasteiger partial charge in [0, 0.05) is 12.5 Å². The molecule has 1 N–H and O–H groups in total. The molecule has 0 amide bonds. The van der Waals surface area contributed by atoms with Crippen LogP contribution in [-0.4, -0.2) is 24.3 Å². The van der Waals surface area contributed by atoms with Gasteiger partial charge in [0.15, 0.2) is 0 Å². The number of ether oxygens (including phenoxy) is 2. The van der Waals surface area contributed by atoms with Crippen LogP contribution < -0.4 is 9.47 Å². The van der Waals surface area contributed by atoms with E-state index in [2.05, 4.69) is 0 Å². The lowest BCUT2D eigenvalue weighted by Gasteiger charge is -2.08. The van der Waals surface area contributed by atoms with Crippen molar-refractivity contribution in [3.05, 3.63) is 59.9 Å². The fourth-order valence-electron chi connectivity index (χ4n) is 1.73. The van der Waals surface area contributed by atoms with Gasteiger partial charge >= 0.3 is 5.97 Å². The Bertz CT molecular complexity index is 598. The van der Waals surface area contributed by atoms with Crippen molar-refractivity contribution in [1.82, 2.24) is 0 Å². The summed E-state index contributed by atoms with van der Waals surface area (Å²) in [7, 11) is 0. The van der Waals surface area contributed by atoms with Gasteiger partial charge in [0.05, 0.1) is 18.8 Å². The first-order chi connectivity index (χ1) is 10.1. The van der Waals surface area contributed by atoms with Crippen molar-refractivity contribution in [3.63, 3.8) is 0 Å². The summed E-state index contributed by atoms with van der Waals surface area (Å²) in [5.41, 5.74) is -0.134. The predicted molar refractivity (Wildman–Crippen MR) is 75.4 cm³/mol. The molecule has 0 bridgehead atoms. The molecule has 0 aliphatic heterocycles. The second-order valence-corrected chi connectivity index (χ2v) is 4.34. The average molecular weight is 290 g/mol. The van der Waals surface area contributed by atoms with Crippen molar-refractivity contribution in [2.75, 3.05) is 13.2 Å². The number of carboxylic acid groups (broad SMARTS) is 1. The van der Waals surface area contributed by atoms with Crippen LogP contribution in [0.4, 0.5) is 4.39 Å². The van der Waals surface area contributed by atoms with E-state index >= 15 is 0 Å². The molecule has 21 heavy (non-hydrogen) atoms. The third-order valence-corrected chi connectivity index (χ3v) is 2.69. The van der Waals surface area contributed by atoms with Crippen LogP contribution >= 0.6 is 0 Å². The van der Waals surface area contributed by atoms with Crippen LogP contribution in [0.15, 0.2) is 48.5 Å². The molecule has 5 heteroatoms. The number of hydrogen-bond acceptors (Lipinski definition) is 3. The third-order valence-electron chi connectivity index (χ3n) is 2.69. The van der Waals surface area contributed by atoms with Crippen LogP contribution in [0.3, 0.4) is 0 Å². The standard InChI is InChI=1S/C16H15FO4/c17-13-9-12(16(18)19)10-15(11-13)21-8-4-7-20-14-5-2-1-3-6-14/h1-3,5-6,9-11H,4,7-8H2,(H,18,19). The molecule has 0 saturated heterocycles. The van der Waals surface area contributed by atoms with Crippen LogP contribution in [0.1, 0.15) is 16.8 Å². The zero-order valence-electron chi connectivity index (χ0n) is 11.3. The monoisotopic (exact) mass is 290 g/mol. The largest absolute Gasteiger partial charge is 0.493 e. The molecule has 2 aromatic carbocycles. The zero-order valence-corrected chi connectivity index (χ0v) is 11.3. The topological polar surface area (TPSA) is 55.8 Å². The fourth-order valence-corrected chi connectivity index (χ4v) is 1.73. The Hall–Kier alpha value is -2.56. The molecule has 0 aliphatic carbocycles. The second kappa shape index (κ2) is 7.28. The number of aromatic carboxylic acids is 1. The molecule has 2 rings (SSSR count). The van der Waals surface area contributed by atoms with Gasteiger partial charge in [-0.1, -0.05) is 18.2 Å². The van der Waals surface area contributed by atoms with E-state index in [1.807, 2.05) is 30.3 Å². The van der Waals surface area contributed by atoms with E-state index in [-0.39, 0.29) is 11.3 Å². The number of carbonyl (C=O) groups is 1. The van der Waals surface area contributed by atoms with E-state index in [9.17, 15) is 9.18 Å². The first-order valence-corrected chi connectivity index (χ1v) is 6.50. The van der Waals surface area contributed by atoms with Crippen LogP contribution in [0.5, 0.6) is 11.5 Å². The summed E-state index contributed by atoms with van der Waals surface area (Å²) < 4.78 is 24.0. The zero-order chi connectivity index (χ0) is 15.1. The number of para-hydroxylation sites is 1. The Morgan fingerprint density at radius 1 is 1.00 bits per heavy atom. The smallest absolute Gasteiger partial charge is 0.335 e. The van der Waals surface area contributed by atoms with Gasteiger partial charge in [-0.05, 0) is 24.3 Å². The lowest BCUT2D eigenvalue weighted by Crippen LogP contribution is -2.06. The molecule has 2 aromatic rings. The minimum Gasteiger partial charge on any atom is -0.493 e. The van der Waals surface area contributed by atoms with Crippen LogP contribution in [0.25, 0.3) is 0 Å². The van der Waals surface area contributed by atoms with Crippen molar-refractivity contribution in [1.29, 1.82) is 0 Å². The van der Waals surface area contributed by atoms with Gasteiger partial charge in [-0.2, -0.15) is 0 Å². The number of rotatable bonds is 7. The first-order valence-electron chi connectivity index (χ1n) is 6.50. The van der Waals surface area contributed by atoms with Gasteiger partial charge in [-0.25, -0.2) is 9.18 Å². The van der Waals surface area contributed by atoms with Gasteiger partial charge in [-0.3, -0.25) is 0 Å². The molecular formula is C16H15FO4. The van der Waals surface area contributed by atoms with Crippen LogP contribution in [0, 0.1) is 5.82 Å². The highest BCUT2D eigenvalue weighted by molar-refractivity contribution is 5.88. The van der Waals surface area contributed by atoms with Crippen LogP contribution in [-0.2, 0) is 0 Å². The summed E-state index contributed by atoms with van der Waals surface area (Å²) in [5.74, 6) is -0.847. The normalized spacial score (nSPS) is 10.1. The first kappa shape index (κ1) is 14.8. The number of carboxylic acids is 1. The summed E-state index contributed by atoms with van der Waals surface area (Å²) in [6, 6.07) is 12.8. The molecule has 0 aliphatic rings. The van der Waals surface area contributed by atoms with E-state index in [4.69, 9.17) is 14.6 Å². The molecule has 110 valence electrons.